The number of rotatable bonds is 8. The molecule has 0 N–H and O–H groups in total. The highest BCUT2D eigenvalue weighted by Gasteiger charge is 2.27. The largest absolute Gasteiger partial charge is 0.346 e. The lowest BCUT2D eigenvalue weighted by Crippen LogP contribution is -2.32. The summed E-state index contributed by atoms with van der Waals surface area (Å²) in [6, 6.07) is 15.9. The molecule has 0 aliphatic carbocycles. The third-order valence-electron chi connectivity index (χ3n) is 4.54. The normalized spacial score (nSPS) is 11.9. The van der Waals surface area contributed by atoms with Gasteiger partial charge in [0, 0.05) is 35.0 Å². The zero-order valence-electron chi connectivity index (χ0n) is 15.9. The van der Waals surface area contributed by atoms with E-state index in [1.165, 1.54) is 16.4 Å². The third kappa shape index (κ3) is 5.16. The molecule has 154 valence electrons. The van der Waals surface area contributed by atoms with Crippen LogP contribution in [-0.4, -0.2) is 23.8 Å². The van der Waals surface area contributed by atoms with Crippen LogP contribution in [-0.2, 0) is 23.1 Å². The summed E-state index contributed by atoms with van der Waals surface area (Å²) in [5, 5.41) is 1.16. The fourth-order valence-electron chi connectivity index (χ4n) is 3.09. The van der Waals surface area contributed by atoms with Crippen LogP contribution in [0.4, 0.5) is 0 Å². The highest BCUT2D eigenvalue weighted by Crippen LogP contribution is 2.29. The van der Waals surface area contributed by atoms with Crippen molar-refractivity contribution in [3.05, 3.63) is 87.1 Å². The second-order valence-corrected chi connectivity index (χ2v) is 9.79. The topological polar surface area (TPSA) is 42.3 Å². The minimum Gasteiger partial charge on any atom is -0.346 e. The van der Waals surface area contributed by atoms with Gasteiger partial charge in [0.15, 0.2) is 0 Å². The first kappa shape index (κ1) is 22.2. The minimum absolute atomic E-state index is 0.0179. The Labute approximate surface area is 186 Å². The van der Waals surface area contributed by atoms with E-state index in [9.17, 15) is 8.42 Å². The highest BCUT2D eigenvalue weighted by molar-refractivity contribution is 7.89. The van der Waals surface area contributed by atoms with E-state index in [0.717, 1.165) is 11.3 Å². The average molecular weight is 472 g/mol. The lowest BCUT2D eigenvalue weighted by Gasteiger charge is -2.23. The molecule has 0 aliphatic rings. The van der Waals surface area contributed by atoms with Gasteiger partial charge in [0.2, 0.25) is 10.0 Å². The fourth-order valence-corrected chi connectivity index (χ4v) is 5.52. The molecular formula is C21H21Cl3N2O2S. The van der Waals surface area contributed by atoms with Crippen molar-refractivity contribution in [2.75, 3.05) is 6.54 Å². The van der Waals surface area contributed by atoms with Gasteiger partial charge in [0.1, 0.15) is 4.90 Å². The second kappa shape index (κ2) is 9.54. The maximum Gasteiger partial charge on any atom is 0.244 e. The fraction of sp³-hybridized carbons (Fsp3) is 0.238. The summed E-state index contributed by atoms with van der Waals surface area (Å²) in [5.74, 6) is 0. The van der Waals surface area contributed by atoms with Gasteiger partial charge in [-0.25, -0.2) is 8.42 Å². The number of nitrogens with zero attached hydrogens (tertiary/aromatic N) is 2. The molecule has 29 heavy (non-hydrogen) atoms. The maximum atomic E-state index is 13.3. The summed E-state index contributed by atoms with van der Waals surface area (Å²) >= 11 is 18.5. The van der Waals surface area contributed by atoms with Gasteiger partial charge in [-0.15, -0.1) is 0 Å². The number of hydrogen-bond donors (Lipinski definition) is 0. The van der Waals surface area contributed by atoms with Crippen molar-refractivity contribution < 1.29 is 8.42 Å². The molecule has 1 heterocycles. The molecule has 0 saturated carbocycles. The summed E-state index contributed by atoms with van der Waals surface area (Å²) in [5.41, 5.74) is 1.83. The van der Waals surface area contributed by atoms with E-state index < -0.39 is 10.0 Å². The number of benzene rings is 2. The molecule has 8 heteroatoms. The predicted octanol–water partition coefficient (Wildman–Crippen LogP) is 6.10. The van der Waals surface area contributed by atoms with Crippen molar-refractivity contribution in [3.63, 3.8) is 0 Å². The number of hydrogen-bond acceptors (Lipinski definition) is 2. The van der Waals surface area contributed by atoms with Crippen LogP contribution in [0.1, 0.15) is 24.6 Å². The van der Waals surface area contributed by atoms with Crippen LogP contribution in [0.2, 0.25) is 15.1 Å². The Morgan fingerprint density at radius 2 is 1.72 bits per heavy atom. The van der Waals surface area contributed by atoms with Gasteiger partial charge >= 0.3 is 0 Å². The smallest absolute Gasteiger partial charge is 0.244 e. The molecule has 4 nitrogen and oxygen atoms in total. The quantitative estimate of drug-likeness (QED) is 0.398. The Kier molecular flexibility index (Phi) is 7.30. The molecule has 0 spiro atoms. The molecule has 1 aromatic heterocycles. The van der Waals surface area contributed by atoms with Crippen molar-refractivity contribution >= 4 is 44.8 Å². The number of sulfonamides is 1. The van der Waals surface area contributed by atoms with Crippen LogP contribution in [0.15, 0.2) is 65.7 Å². The Balaban J connectivity index is 1.91. The molecule has 0 unspecified atom stereocenters. The van der Waals surface area contributed by atoms with Gasteiger partial charge in [-0.2, -0.15) is 4.31 Å². The molecule has 0 aliphatic heterocycles. The van der Waals surface area contributed by atoms with Crippen molar-refractivity contribution in [2.45, 2.75) is 31.3 Å². The molecule has 0 fully saturated rings. The molecule has 0 bridgehead atoms. The maximum absolute atomic E-state index is 13.3. The van der Waals surface area contributed by atoms with Crippen LogP contribution in [0.3, 0.4) is 0 Å². The Hall–Kier alpha value is -1.50. The predicted molar refractivity (Wildman–Crippen MR) is 119 cm³/mol. The van der Waals surface area contributed by atoms with Crippen molar-refractivity contribution in [2.24, 2.45) is 0 Å². The molecule has 3 rings (SSSR count). The zero-order chi connectivity index (χ0) is 21.0. The second-order valence-electron chi connectivity index (χ2n) is 6.63. The Bertz CT molecular complexity index is 1100. The molecule has 2 aromatic carbocycles. The first-order valence-electron chi connectivity index (χ1n) is 9.15. The highest BCUT2D eigenvalue weighted by atomic mass is 35.5. The van der Waals surface area contributed by atoms with Gasteiger partial charge in [-0.1, -0.05) is 59.9 Å². The molecule has 0 amide bonds. The summed E-state index contributed by atoms with van der Waals surface area (Å²) in [4.78, 5) is 0.0179. The lowest BCUT2D eigenvalue weighted by atomic mass is 10.2. The molecule has 0 atom stereocenters. The van der Waals surface area contributed by atoms with Crippen LogP contribution in [0.25, 0.3) is 0 Å². The Morgan fingerprint density at radius 1 is 0.966 bits per heavy atom. The van der Waals surface area contributed by atoms with E-state index in [1.807, 2.05) is 54.1 Å². The van der Waals surface area contributed by atoms with Crippen LogP contribution in [0, 0.1) is 0 Å². The van der Waals surface area contributed by atoms with Crippen LogP contribution < -0.4 is 0 Å². The zero-order valence-corrected chi connectivity index (χ0v) is 18.9. The molecule has 3 aromatic rings. The SMILES string of the molecule is CCCN(Cc1cccn1Cc1ccccc1Cl)S(=O)(=O)c1cc(Cl)ccc1Cl. The third-order valence-corrected chi connectivity index (χ3v) is 7.48. The van der Waals surface area contributed by atoms with E-state index in [4.69, 9.17) is 34.8 Å². The first-order valence-corrected chi connectivity index (χ1v) is 11.7. The van der Waals surface area contributed by atoms with Gasteiger partial charge in [-0.05, 0) is 48.4 Å². The minimum atomic E-state index is -3.81. The first-order chi connectivity index (χ1) is 13.8. The van der Waals surface area contributed by atoms with Gasteiger partial charge < -0.3 is 4.57 Å². The van der Waals surface area contributed by atoms with E-state index >= 15 is 0 Å². The summed E-state index contributed by atoms with van der Waals surface area (Å²) in [7, 11) is -3.81. The number of halogens is 3. The van der Waals surface area contributed by atoms with Crippen molar-refractivity contribution in [1.29, 1.82) is 0 Å². The van der Waals surface area contributed by atoms with Gasteiger partial charge in [0.05, 0.1) is 11.6 Å². The lowest BCUT2D eigenvalue weighted by molar-refractivity contribution is 0.396. The van der Waals surface area contributed by atoms with Crippen LogP contribution in [0.5, 0.6) is 0 Å². The number of aromatic nitrogens is 1. The molecular weight excluding hydrogens is 451 g/mol. The summed E-state index contributed by atoms with van der Waals surface area (Å²) < 4.78 is 30.0. The molecule has 0 saturated heterocycles. The van der Waals surface area contributed by atoms with Crippen molar-refractivity contribution in [1.82, 2.24) is 8.87 Å². The van der Waals surface area contributed by atoms with Crippen molar-refractivity contribution in [3.8, 4) is 0 Å². The Morgan fingerprint density at radius 3 is 2.45 bits per heavy atom. The van der Waals surface area contributed by atoms with E-state index in [2.05, 4.69) is 0 Å². The van der Waals surface area contributed by atoms with E-state index in [0.29, 0.717) is 29.6 Å². The van der Waals surface area contributed by atoms with Gasteiger partial charge in [-0.3, -0.25) is 0 Å². The molecule has 0 radical (unpaired) electrons. The van der Waals surface area contributed by atoms with E-state index in [1.54, 1.807) is 6.07 Å². The summed E-state index contributed by atoms with van der Waals surface area (Å²) in [6.07, 6.45) is 2.59. The van der Waals surface area contributed by atoms with E-state index in [-0.39, 0.29) is 16.5 Å². The van der Waals surface area contributed by atoms with Gasteiger partial charge in [0.25, 0.3) is 0 Å². The average Bonchev–Trinajstić information content (AvgIpc) is 3.12. The standard InChI is InChI=1S/C21H21Cl3N2O2S/c1-2-11-26(29(27,28)21-13-17(22)9-10-20(21)24)15-18-7-5-12-25(18)14-16-6-3-4-8-19(16)23/h3-10,12-13H,2,11,14-15H2,1H3. The summed E-state index contributed by atoms with van der Waals surface area (Å²) in [6.45, 7) is 3.07. The van der Waals surface area contributed by atoms with Crippen LogP contribution >= 0.6 is 34.8 Å². The monoisotopic (exact) mass is 470 g/mol.